The van der Waals surface area contributed by atoms with Crippen LogP contribution in [0.1, 0.15) is 12.8 Å². The summed E-state index contributed by atoms with van der Waals surface area (Å²) in [5, 5.41) is 8.91. The second-order valence-electron chi connectivity index (χ2n) is 5.09. The molecular formula is C12H19N3O5. The van der Waals surface area contributed by atoms with Crippen LogP contribution in [0.25, 0.3) is 0 Å². The number of carbonyl (C=O) groups excluding carboxylic acids is 2. The van der Waals surface area contributed by atoms with Crippen molar-refractivity contribution in [3.8, 4) is 0 Å². The second kappa shape index (κ2) is 5.56. The molecule has 1 N–H and O–H groups in total. The van der Waals surface area contributed by atoms with Gasteiger partial charge in [0.1, 0.15) is 6.04 Å². The SMILES string of the molecule is COC(=O)C1CN(C2CCN(C(=O)O)CC2)C(=O)N1C. The number of hydrogen-bond acceptors (Lipinski definition) is 4. The Hall–Kier alpha value is -1.99. The van der Waals surface area contributed by atoms with Crippen molar-refractivity contribution in [1.29, 1.82) is 0 Å². The number of likely N-dealkylation sites (N-methyl/N-ethyl adjacent to an activating group) is 1. The zero-order chi connectivity index (χ0) is 14.9. The molecular weight excluding hydrogens is 266 g/mol. The highest BCUT2D eigenvalue weighted by Crippen LogP contribution is 2.24. The normalized spacial score (nSPS) is 24.2. The molecule has 2 aliphatic heterocycles. The number of nitrogens with zero attached hydrogens (tertiary/aromatic N) is 3. The Morgan fingerprint density at radius 1 is 1.30 bits per heavy atom. The number of esters is 1. The molecule has 1 unspecified atom stereocenters. The summed E-state index contributed by atoms with van der Waals surface area (Å²) in [6, 6.07) is -0.797. The van der Waals surface area contributed by atoms with Gasteiger partial charge in [-0.25, -0.2) is 14.4 Å². The molecule has 0 aromatic heterocycles. The summed E-state index contributed by atoms with van der Waals surface area (Å²) in [4.78, 5) is 39.0. The Labute approximate surface area is 116 Å². The van der Waals surface area contributed by atoms with Crippen molar-refractivity contribution in [2.24, 2.45) is 0 Å². The quantitative estimate of drug-likeness (QED) is 0.723. The third-order valence-corrected chi connectivity index (χ3v) is 4.03. The van der Waals surface area contributed by atoms with E-state index in [4.69, 9.17) is 9.84 Å². The van der Waals surface area contributed by atoms with Crippen molar-refractivity contribution in [2.45, 2.75) is 24.9 Å². The van der Waals surface area contributed by atoms with E-state index < -0.39 is 18.1 Å². The van der Waals surface area contributed by atoms with Gasteiger partial charge in [0, 0.05) is 26.2 Å². The number of carbonyl (C=O) groups is 3. The molecule has 2 rings (SSSR count). The van der Waals surface area contributed by atoms with Gasteiger partial charge >= 0.3 is 18.1 Å². The Kier molecular flexibility index (Phi) is 4.01. The predicted octanol–water partition coefficient (Wildman–Crippen LogP) is 0.0378. The molecule has 112 valence electrons. The predicted molar refractivity (Wildman–Crippen MR) is 68.3 cm³/mol. The maximum Gasteiger partial charge on any atom is 0.407 e. The van der Waals surface area contributed by atoms with E-state index in [0.717, 1.165) is 0 Å². The van der Waals surface area contributed by atoms with Crippen molar-refractivity contribution in [2.75, 3.05) is 33.8 Å². The lowest BCUT2D eigenvalue weighted by molar-refractivity contribution is -0.144. The zero-order valence-corrected chi connectivity index (χ0v) is 11.6. The minimum atomic E-state index is -0.930. The number of piperidine rings is 1. The van der Waals surface area contributed by atoms with E-state index in [1.807, 2.05) is 0 Å². The van der Waals surface area contributed by atoms with Crippen LogP contribution < -0.4 is 0 Å². The van der Waals surface area contributed by atoms with Gasteiger partial charge in [0.15, 0.2) is 0 Å². The summed E-state index contributed by atoms with van der Waals surface area (Å²) in [5.74, 6) is -0.425. The molecule has 0 aromatic carbocycles. The Balaban J connectivity index is 1.99. The molecule has 8 nitrogen and oxygen atoms in total. The third kappa shape index (κ3) is 2.50. The standard InChI is InChI=1S/C12H19N3O5/c1-13-9(10(16)20-2)7-15(11(13)17)8-3-5-14(6-4-8)12(18)19/h8-9H,3-7H2,1-2H3,(H,18,19). The lowest BCUT2D eigenvalue weighted by Gasteiger charge is -2.35. The Bertz CT molecular complexity index is 419. The average molecular weight is 285 g/mol. The molecule has 20 heavy (non-hydrogen) atoms. The number of amides is 3. The minimum absolute atomic E-state index is 0.0183. The zero-order valence-electron chi connectivity index (χ0n) is 11.6. The van der Waals surface area contributed by atoms with Gasteiger partial charge in [-0.05, 0) is 12.8 Å². The lowest BCUT2D eigenvalue weighted by atomic mass is 10.0. The summed E-state index contributed by atoms with van der Waals surface area (Å²) in [7, 11) is 2.88. The first kappa shape index (κ1) is 14.4. The van der Waals surface area contributed by atoms with Crippen LogP contribution in [0.15, 0.2) is 0 Å². The maximum absolute atomic E-state index is 12.2. The van der Waals surface area contributed by atoms with Crippen LogP contribution in [0.4, 0.5) is 9.59 Å². The van der Waals surface area contributed by atoms with E-state index in [2.05, 4.69) is 0 Å². The summed E-state index contributed by atoms with van der Waals surface area (Å²) in [6.45, 7) is 1.13. The summed E-state index contributed by atoms with van der Waals surface area (Å²) >= 11 is 0. The van der Waals surface area contributed by atoms with E-state index in [1.54, 1.807) is 11.9 Å². The van der Waals surface area contributed by atoms with Crippen molar-refractivity contribution >= 4 is 18.1 Å². The van der Waals surface area contributed by atoms with E-state index in [1.165, 1.54) is 16.9 Å². The molecule has 0 aliphatic carbocycles. The molecule has 8 heteroatoms. The summed E-state index contributed by atoms with van der Waals surface area (Å²) < 4.78 is 4.69. The molecule has 0 bridgehead atoms. The fourth-order valence-electron chi connectivity index (χ4n) is 2.77. The highest BCUT2D eigenvalue weighted by atomic mass is 16.5. The number of carboxylic acid groups (broad SMARTS) is 1. The fourth-order valence-corrected chi connectivity index (χ4v) is 2.77. The Morgan fingerprint density at radius 2 is 1.90 bits per heavy atom. The van der Waals surface area contributed by atoms with Gasteiger partial charge in [-0.2, -0.15) is 0 Å². The molecule has 2 fully saturated rings. The van der Waals surface area contributed by atoms with Crippen molar-refractivity contribution < 1.29 is 24.2 Å². The van der Waals surface area contributed by atoms with E-state index in [0.29, 0.717) is 32.5 Å². The van der Waals surface area contributed by atoms with E-state index in [9.17, 15) is 14.4 Å². The molecule has 0 saturated carbocycles. The number of ether oxygens (including phenoxy) is 1. The first-order chi connectivity index (χ1) is 9.45. The van der Waals surface area contributed by atoms with Crippen molar-refractivity contribution in [3.63, 3.8) is 0 Å². The van der Waals surface area contributed by atoms with Crippen molar-refractivity contribution in [3.05, 3.63) is 0 Å². The van der Waals surface area contributed by atoms with Crippen LogP contribution in [-0.4, -0.2) is 83.8 Å². The minimum Gasteiger partial charge on any atom is -0.467 e. The van der Waals surface area contributed by atoms with Crippen LogP contribution in [0.5, 0.6) is 0 Å². The van der Waals surface area contributed by atoms with Crippen LogP contribution in [0.3, 0.4) is 0 Å². The third-order valence-electron chi connectivity index (χ3n) is 4.03. The largest absolute Gasteiger partial charge is 0.467 e. The summed E-state index contributed by atoms with van der Waals surface area (Å²) in [6.07, 6.45) is 0.264. The average Bonchev–Trinajstić information content (AvgIpc) is 2.75. The van der Waals surface area contributed by atoms with Crippen LogP contribution >= 0.6 is 0 Å². The van der Waals surface area contributed by atoms with Gasteiger partial charge in [0.25, 0.3) is 0 Å². The molecule has 2 aliphatic rings. The molecule has 1 atom stereocenters. The molecule has 0 spiro atoms. The monoisotopic (exact) mass is 285 g/mol. The van der Waals surface area contributed by atoms with Crippen LogP contribution in [0, 0.1) is 0 Å². The second-order valence-corrected chi connectivity index (χ2v) is 5.09. The number of rotatable bonds is 2. The lowest BCUT2D eigenvalue weighted by Crippen LogP contribution is -2.47. The first-order valence-corrected chi connectivity index (χ1v) is 6.54. The van der Waals surface area contributed by atoms with Crippen LogP contribution in [-0.2, 0) is 9.53 Å². The Morgan fingerprint density at radius 3 is 2.40 bits per heavy atom. The fraction of sp³-hybridized carbons (Fsp3) is 0.750. The number of urea groups is 1. The van der Waals surface area contributed by atoms with Gasteiger partial charge in [-0.15, -0.1) is 0 Å². The molecule has 2 heterocycles. The van der Waals surface area contributed by atoms with Gasteiger partial charge < -0.3 is 24.5 Å². The van der Waals surface area contributed by atoms with Gasteiger partial charge in [-0.3, -0.25) is 0 Å². The highest BCUT2D eigenvalue weighted by Gasteiger charge is 2.43. The molecule has 2 saturated heterocycles. The maximum atomic E-state index is 12.2. The van der Waals surface area contributed by atoms with Crippen LogP contribution in [0.2, 0.25) is 0 Å². The summed E-state index contributed by atoms with van der Waals surface area (Å²) in [5.41, 5.74) is 0. The van der Waals surface area contributed by atoms with E-state index in [-0.39, 0.29) is 12.1 Å². The molecule has 0 aromatic rings. The number of likely N-dealkylation sites (tertiary alicyclic amines) is 1. The molecule has 0 radical (unpaired) electrons. The topological polar surface area (TPSA) is 90.4 Å². The van der Waals surface area contributed by atoms with Crippen molar-refractivity contribution in [1.82, 2.24) is 14.7 Å². The van der Waals surface area contributed by atoms with Gasteiger partial charge in [0.2, 0.25) is 0 Å². The number of methoxy groups -OCH3 is 1. The van der Waals surface area contributed by atoms with Gasteiger partial charge in [-0.1, -0.05) is 0 Å². The first-order valence-electron chi connectivity index (χ1n) is 6.54. The smallest absolute Gasteiger partial charge is 0.407 e. The number of hydrogen-bond donors (Lipinski definition) is 1. The molecule has 3 amide bonds. The highest BCUT2D eigenvalue weighted by molar-refractivity contribution is 5.87. The van der Waals surface area contributed by atoms with E-state index >= 15 is 0 Å². The van der Waals surface area contributed by atoms with Gasteiger partial charge in [0.05, 0.1) is 13.7 Å².